The van der Waals surface area contributed by atoms with Gasteiger partial charge < -0.3 is 9.88 Å². The molecule has 0 atom stereocenters. The molecule has 3 aromatic rings. The molecule has 0 radical (unpaired) electrons. The third-order valence-electron chi connectivity index (χ3n) is 3.51. The fourth-order valence-corrected chi connectivity index (χ4v) is 2.28. The maximum atomic E-state index is 13.5. The van der Waals surface area contributed by atoms with Crippen LogP contribution < -0.4 is 5.32 Å². The summed E-state index contributed by atoms with van der Waals surface area (Å²) in [5.74, 6) is -0.522. The lowest BCUT2D eigenvalue weighted by Gasteiger charge is -2.04. The molecular weight excluding hydrogens is 293 g/mol. The highest BCUT2D eigenvalue weighted by molar-refractivity contribution is 5.92. The van der Waals surface area contributed by atoms with E-state index in [9.17, 15) is 9.18 Å². The summed E-state index contributed by atoms with van der Waals surface area (Å²) >= 11 is 0. The SMILES string of the molecule is O=C(NCCc1ccccc1F)c1cn(-c2ccccc2)cn1. The molecule has 0 spiro atoms. The number of rotatable bonds is 5. The van der Waals surface area contributed by atoms with Gasteiger partial charge in [-0.3, -0.25) is 4.79 Å². The lowest BCUT2D eigenvalue weighted by atomic mass is 10.1. The molecule has 1 aromatic heterocycles. The maximum absolute atomic E-state index is 13.5. The molecule has 2 aromatic carbocycles. The molecule has 0 aliphatic carbocycles. The lowest BCUT2D eigenvalue weighted by molar-refractivity contribution is 0.0949. The van der Waals surface area contributed by atoms with Crippen molar-refractivity contribution in [2.24, 2.45) is 0 Å². The largest absolute Gasteiger partial charge is 0.350 e. The first kappa shape index (κ1) is 15.0. The quantitative estimate of drug-likeness (QED) is 0.787. The normalized spacial score (nSPS) is 10.5. The van der Waals surface area contributed by atoms with Crippen LogP contribution in [0.2, 0.25) is 0 Å². The molecule has 1 heterocycles. The fourth-order valence-electron chi connectivity index (χ4n) is 2.28. The van der Waals surface area contributed by atoms with Gasteiger partial charge in [0.05, 0.1) is 0 Å². The highest BCUT2D eigenvalue weighted by Gasteiger charge is 2.10. The van der Waals surface area contributed by atoms with Gasteiger partial charge in [-0.15, -0.1) is 0 Å². The van der Waals surface area contributed by atoms with Crippen LogP contribution in [0.1, 0.15) is 16.1 Å². The maximum Gasteiger partial charge on any atom is 0.271 e. The van der Waals surface area contributed by atoms with E-state index in [1.807, 2.05) is 30.3 Å². The van der Waals surface area contributed by atoms with Gasteiger partial charge in [-0.25, -0.2) is 9.37 Å². The molecule has 0 aliphatic heterocycles. The number of amides is 1. The molecule has 0 bridgehead atoms. The second-order valence-electron chi connectivity index (χ2n) is 5.10. The van der Waals surface area contributed by atoms with Crippen molar-refractivity contribution in [2.45, 2.75) is 6.42 Å². The van der Waals surface area contributed by atoms with E-state index in [0.29, 0.717) is 24.2 Å². The second kappa shape index (κ2) is 6.87. The Bertz CT molecular complexity index is 799. The molecule has 4 nitrogen and oxygen atoms in total. The van der Waals surface area contributed by atoms with Crippen molar-refractivity contribution >= 4 is 5.91 Å². The Morgan fingerprint density at radius 2 is 1.83 bits per heavy atom. The molecule has 23 heavy (non-hydrogen) atoms. The van der Waals surface area contributed by atoms with Crippen molar-refractivity contribution < 1.29 is 9.18 Å². The summed E-state index contributed by atoms with van der Waals surface area (Å²) in [6.45, 7) is 0.359. The molecule has 5 heteroatoms. The van der Waals surface area contributed by atoms with Gasteiger partial charge in [-0.1, -0.05) is 36.4 Å². The standard InChI is InChI=1S/C18H16FN3O/c19-16-9-5-4-6-14(16)10-11-20-18(23)17-12-22(13-21-17)15-7-2-1-3-8-15/h1-9,12-13H,10-11H2,(H,20,23). The summed E-state index contributed by atoms with van der Waals surface area (Å²) in [6, 6.07) is 16.2. The minimum atomic E-state index is -0.268. The van der Waals surface area contributed by atoms with E-state index in [2.05, 4.69) is 10.3 Å². The average Bonchev–Trinajstić information content (AvgIpc) is 3.07. The number of hydrogen-bond donors (Lipinski definition) is 1. The number of imidazole rings is 1. The van der Waals surface area contributed by atoms with Crippen LogP contribution in [0.25, 0.3) is 5.69 Å². The van der Waals surface area contributed by atoms with Crippen molar-refractivity contribution in [3.05, 3.63) is 84.2 Å². The van der Waals surface area contributed by atoms with Gasteiger partial charge in [0.15, 0.2) is 0 Å². The zero-order chi connectivity index (χ0) is 16.1. The monoisotopic (exact) mass is 309 g/mol. The van der Waals surface area contributed by atoms with Gasteiger partial charge >= 0.3 is 0 Å². The Hall–Kier alpha value is -2.95. The number of nitrogens with one attached hydrogen (secondary N) is 1. The van der Waals surface area contributed by atoms with E-state index in [-0.39, 0.29) is 11.7 Å². The van der Waals surface area contributed by atoms with E-state index in [1.54, 1.807) is 35.3 Å². The number of hydrogen-bond acceptors (Lipinski definition) is 2. The van der Waals surface area contributed by atoms with Crippen molar-refractivity contribution in [3.8, 4) is 5.69 Å². The van der Waals surface area contributed by atoms with Crippen molar-refractivity contribution in [3.63, 3.8) is 0 Å². The van der Waals surface area contributed by atoms with Crippen molar-refractivity contribution in [1.29, 1.82) is 0 Å². The minimum absolute atomic E-state index is 0.255. The zero-order valence-corrected chi connectivity index (χ0v) is 12.4. The molecule has 0 saturated heterocycles. The third-order valence-corrected chi connectivity index (χ3v) is 3.51. The van der Waals surface area contributed by atoms with Gasteiger partial charge in [-0.2, -0.15) is 0 Å². The van der Waals surface area contributed by atoms with Crippen molar-refractivity contribution in [2.75, 3.05) is 6.54 Å². The van der Waals surface area contributed by atoms with Crippen LogP contribution in [0.15, 0.2) is 67.1 Å². The number of halogens is 1. The fraction of sp³-hybridized carbons (Fsp3) is 0.111. The second-order valence-corrected chi connectivity index (χ2v) is 5.10. The smallest absolute Gasteiger partial charge is 0.271 e. The first-order chi connectivity index (χ1) is 11.2. The van der Waals surface area contributed by atoms with E-state index in [0.717, 1.165) is 5.69 Å². The number of carbonyl (C=O) groups is 1. The van der Waals surface area contributed by atoms with Crippen LogP contribution >= 0.6 is 0 Å². The van der Waals surface area contributed by atoms with Gasteiger partial charge in [-0.05, 0) is 30.2 Å². The van der Waals surface area contributed by atoms with E-state index in [1.165, 1.54) is 6.07 Å². The van der Waals surface area contributed by atoms with Crippen LogP contribution in [-0.4, -0.2) is 22.0 Å². The van der Waals surface area contributed by atoms with Crippen LogP contribution in [0.3, 0.4) is 0 Å². The summed E-state index contributed by atoms with van der Waals surface area (Å²) in [5.41, 5.74) is 1.86. The molecule has 0 fully saturated rings. The minimum Gasteiger partial charge on any atom is -0.350 e. The Labute approximate surface area is 133 Å². The number of para-hydroxylation sites is 1. The Kier molecular flexibility index (Phi) is 4.47. The predicted octanol–water partition coefficient (Wildman–Crippen LogP) is 2.98. The molecular formula is C18H16FN3O. The first-order valence-corrected chi connectivity index (χ1v) is 7.35. The summed E-state index contributed by atoms with van der Waals surface area (Å²) in [7, 11) is 0. The number of benzene rings is 2. The van der Waals surface area contributed by atoms with E-state index >= 15 is 0 Å². The topological polar surface area (TPSA) is 46.9 Å². The van der Waals surface area contributed by atoms with Crippen LogP contribution in [0.5, 0.6) is 0 Å². The highest BCUT2D eigenvalue weighted by Crippen LogP contribution is 2.08. The summed E-state index contributed by atoms with van der Waals surface area (Å²) in [6.07, 6.45) is 3.71. The predicted molar refractivity (Wildman–Crippen MR) is 86.0 cm³/mol. The molecule has 1 N–H and O–H groups in total. The number of aromatic nitrogens is 2. The molecule has 0 saturated carbocycles. The molecule has 0 unspecified atom stereocenters. The molecule has 1 amide bonds. The van der Waals surface area contributed by atoms with Crippen LogP contribution in [0, 0.1) is 5.82 Å². The van der Waals surface area contributed by atoms with Gasteiger partial charge in [0.25, 0.3) is 5.91 Å². The number of carbonyl (C=O) groups excluding carboxylic acids is 1. The number of nitrogens with zero attached hydrogens (tertiary/aromatic N) is 2. The third kappa shape index (κ3) is 3.63. The van der Waals surface area contributed by atoms with Gasteiger partial charge in [0.2, 0.25) is 0 Å². The first-order valence-electron chi connectivity index (χ1n) is 7.35. The van der Waals surface area contributed by atoms with Gasteiger partial charge in [0, 0.05) is 18.4 Å². The Morgan fingerprint density at radius 3 is 2.61 bits per heavy atom. The molecule has 0 aliphatic rings. The van der Waals surface area contributed by atoms with E-state index in [4.69, 9.17) is 0 Å². The highest BCUT2D eigenvalue weighted by atomic mass is 19.1. The van der Waals surface area contributed by atoms with Crippen molar-refractivity contribution in [1.82, 2.24) is 14.9 Å². The summed E-state index contributed by atoms with van der Waals surface area (Å²) < 4.78 is 15.3. The Morgan fingerprint density at radius 1 is 1.09 bits per heavy atom. The Balaban J connectivity index is 1.59. The summed E-state index contributed by atoms with van der Waals surface area (Å²) in [5, 5.41) is 2.76. The zero-order valence-electron chi connectivity index (χ0n) is 12.4. The van der Waals surface area contributed by atoms with E-state index < -0.39 is 0 Å². The summed E-state index contributed by atoms with van der Waals surface area (Å²) in [4.78, 5) is 16.2. The molecule has 3 rings (SSSR count). The average molecular weight is 309 g/mol. The molecule has 116 valence electrons. The van der Waals surface area contributed by atoms with Crippen LogP contribution in [0.4, 0.5) is 4.39 Å². The van der Waals surface area contributed by atoms with Crippen LogP contribution in [-0.2, 0) is 6.42 Å². The lowest BCUT2D eigenvalue weighted by Crippen LogP contribution is -2.26. The van der Waals surface area contributed by atoms with Gasteiger partial charge in [0.1, 0.15) is 17.8 Å².